The van der Waals surface area contributed by atoms with Gasteiger partial charge in [0.05, 0.1) is 12.2 Å². The summed E-state index contributed by atoms with van der Waals surface area (Å²) in [6.07, 6.45) is 0. The lowest BCUT2D eigenvalue weighted by Gasteiger charge is -2.18. The number of anilines is 2. The van der Waals surface area contributed by atoms with Gasteiger partial charge in [0.1, 0.15) is 5.82 Å². The third kappa shape index (κ3) is 3.40. The van der Waals surface area contributed by atoms with E-state index in [4.69, 9.17) is 0 Å². The molecule has 0 spiro atoms. The molecule has 0 saturated carbocycles. The number of rotatable bonds is 4. The molecule has 1 N–H and O–H groups in total. The largest absolute Gasteiger partial charge is 0.357 e. The first kappa shape index (κ1) is 13.3. The van der Waals surface area contributed by atoms with Crippen molar-refractivity contribution in [2.24, 2.45) is 0 Å². The number of nitrogens with one attached hydrogen (secondary N) is 1. The summed E-state index contributed by atoms with van der Waals surface area (Å²) in [7, 11) is 3.83. The van der Waals surface area contributed by atoms with Crippen molar-refractivity contribution in [2.45, 2.75) is 20.4 Å². The van der Waals surface area contributed by atoms with E-state index in [0.29, 0.717) is 5.95 Å². The standard InChI is InChI=1S/C14H19N5/c1-10-6-5-7-12(16-10)9-19(4)13-8-11(2)17-14(15-3)18-13/h5-8H,9H2,1-4H3,(H,15,17,18). The van der Waals surface area contributed by atoms with Gasteiger partial charge in [-0.2, -0.15) is 4.98 Å². The molecule has 100 valence electrons. The fraction of sp³-hybridized carbons (Fsp3) is 0.357. The number of hydrogen-bond donors (Lipinski definition) is 1. The van der Waals surface area contributed by atoms with E-state index in [0.717, 1.165) is 29.4 Å². The Morgan fingerprint density at radius 2 is 1.89 bits per heavy atom. The van der Waals surface area contributed by atoms with E-state index in [1.807, 2.05) is 52.2 Å². The van der Waals surface area contributed by atoms with Crippen LogP contribution in [0.5, 0.6) is 0 Å². The summed E-state index contributed by atoms with van der Waals surface area (Å²) in [6.45, 7) is 4.68. The van der Waals surface area contributed by atoms with E-state index in [1.165, 1.54) is 0 Å². The summed E-state index contributed by atoms with van der Waals surface area (Å²) in [6, 6.07) is 8.01. The van der Waals surface area contributed by atoms with Gasteiger partial charge >= 0.3 is 0 Å². The first-order valence-corrected chi connectivity index (χ1v) is 6.25. The van der Waals surface area contributed by atoms with Crippen molar-refractivity contribution in [1.29, 1.82) is 0 Å². The van der Waals surface area contributed by atoms with Gasteiger partial charge in [0.25, 0.3) is 0 Å². The van der Waals surface area contributed by atoms with Crippen molar-refractivity contribution in [2.75, 3.05) is 24.3 Å². The van der Waals surface area contributed by atoms with Gasteiger partial charge in [0.2, 0.25) is 5.95 Å². The molecule has 2 rings (SSSR count). The predicted octanol–water partition coefficient (Wildman–Crippen LogP) is 2.17. The summed E-state index contributed by atoms with van der Waals surface area (Å²) >= 11 is 0. The second-order valence-electron chi connectivity index (χ2n) is 4.57. The van der Waals surface area contributed by atoms with E-state index in [2.05, 4.69) is 25.2 Å². The maximum atomic E-state index is 4.50. The van der Waals surface area contributed by atoms with Crippen LogP contribution in [0.2, 0.25) is 0 Å². The van der Waals surface area contributed by atoms with E-state index in [1.54, 1.807) is 0 Å². The minimum atomic E-state index is 0.638. The minimum absolute atomic E-state index is 0.638. The highest BCUT2D eigenvalue weighted by Gasteiger charge is 2.07. The Hall–Kier alpha value is -2.17. The maximum Gasteiger partial charge on any atom is 0.224 e. The maximum absolute atomic E-state index is 4.50. The van der Waals surface area contributed by atoms with Crippen LogP contribution in [0.3, 0.4) is 0 Å². The average molecular weight is 257 g/mol. The van der Waals surface area contributed by atoms with Crippen LogP contribution in [0.1, 0.15) is 17.1 Å². The van der Waals surface area contributed by atoms with Crippen LogP contribution in [0.15, 0.2) is 24.3 Å². The van der Waals surface area contributed by atoms with Gasteiger partial charge in [-0.25, -0.2) is 4.98 Å². The Kier molecular flexibility index (Phi) is 3.94. The first-order chi connectivity index (χ1) is 9.08. The van der Waals surface area contributed by atoms with Crippen LogP contribution in [0, 0.1) is 13.8 Å². The third-order valence-electron chi connectivity index (χ3n) is 2.80. The van der Waals surface area contributed by atoms with Gasteiger partial charge in [0.15, 0.2) is 0 Å². The summed E-state index contributed by atoms with van der Waals surface area (Å²) in [4.78, 5) is 15.3. The second kappa shape index (κ2) is 5.65. The lowest BCUT2D eigenvalue weighted by molar-refractivity contribution is 0.853. The monoisotopic (exact) mass is 257 g/mol. The van der Waals surface area contributed by atoms with Gasteiger partial charge in [-0.1, -0.05) is 6.07 Å². The van der Waals surface area contributed by atoms with E-state index in [9.17, 15) is 0 Å². The molecule has 2 heterocycles. The van der Waals surface area contributed by atoms with Crippen molar-refractivity contribution in [3.8, 4) is 0 Å². The Bertz CT molecular complexity index is 568. The second-order valence-corrected chi connectivity index (χ2v) is 4.57. The summed E-state index contributed by atoms with van der Waals surface area (Å²) < 4.78 is 0. The summed E-state index contributed by atoms with van der Waals surface area (Å²) in [5.74, 6) is 1.53. The van der Waals surface area contributed by atoms with Crippen LogP contribution < -0.4 is 10.2 Å². The van der Waals surface area contributed by atoms with Gasteiger partial charge in [-0.05, 0) is 26.0 Å². The van der Waals surface area contributed by atoms with Crippen molar-refractivity contribution >= 4 is 11.8 Å². The lowest BCUT2D eigenvalue weighted by atomic mass is 10.3. The highest BCUT2D eigenvalue weighted by Crippen LogP contribution is 2.15. The zero-order chi connectivity index (χ0) is 13.8. The molecular formula is C14H19N5. The molecule has 0 aliphatic rings. The molecule has 0 saturated heterocycles. The van der Waals surface area contributed by atoms with Gasteiger partial charge < -0.3 is 10.2 Å². The Morgan fingerprint density at radius 1 is 1.11 bits per heavy atom. The van der Waals surface area contributed by atoms with Crippen molar-refractivity contribution in [3.05, 3.63) is 41.3 Å². The highest BCUT2D eigenvalue weighted by atomic mass is 15.2. The first-order valence-electron chi connectivity index (χ1n) is 6.25. The summed E-state index contributed by atoms with van der Waals surface area (Å²) in [5.41, 5.74) is 3.00. The highest BCUT2D eigenvalue weighted by molar-refractivity contribution is 5.44. The molecule has 0 amide bonds. The number of hydrogen-bond acceptors (Lipinski definition) is 5. The van der Waals surface area contributed by atoms with E-state index < -0.39 is 0 Å². The molecule has 2 aromatic heterocycles. The number of pyridine rings is 1. The smallest absolute Gasteiger partial charge is 0.224 e. The lowest BCUT2D eigenvalue weighted by Crippen LogP contribution is -2.19. The molecular weight excluding hydrogens is 238 g/mol. The van der Waals surface area contributed by atoms with Gasteiger partial charge in [-0.3, -0.25) is 4.98 Å². The average Bonchev–Trinajstić information content (AvgIpc) is 2.38. The molecule has 0 unspecified atom stereocenters. The zero-order valence-electron chi connectivity index (χ0n) is 11.8. The predicted molar refractivity (Wildman–Crippen MR) is 77.4 cm³/mol. The van der Waals surface area contributed by atoms with Gasteiger partial charge in [0, 0.05) is 31.5 Å². The van der Waals surface area contributed by atoms with Gasteiger partial charge in [-0.15, -0.1) is 0 Å². The van der Waals surface area contributed by atoms with E-state index >= 15 is 0 Å². The number of aromatic nitrogens is 3. The number of aryl methyl sites for hydroxylation is 2. The quantitative estimate of drug-likeness (QED) is 0.909. The molecule has 0 aliphatic heterocycles. The molecule has 5 nitrogen and oxygen atoms in total. The van der Waals surface area contributed by atoms with Crippen molar-refractivity contribution in [3.63, 3.8) is 0 Å². The Labute approximate surface area is 113 Å². The zero-order valence-corrected chi connectivity index (χ0v) is 11.8. The minimum Gasteiger partial charge on any atom is -0.357 e. The molecule has 0 radical (unpaired) electrons. The van der Waals surface area contributed by atoms with Crippen LogP contribution in [0.25, 0.3) is 0 Å². The van der Waals surface area contributed by atoms with Crippen LogP contribution >= 0.6 is 0 Å². The van der Waals surface area contributed by atoms with Crippen molar-refractivity contribution < 1.29 is 0 Å². The molecule has 0 atom stereocenters. The molecule has 2 aromatic rings. The molecule has 5 heteroatoms. The van der Waals surface area contributed by atoms with Crippen LogP contribution in [-0.4, -0.2) is 29.0 Å². The molecule has 0 fully saturated rings. The Balaban J connectivity index is 2.20. The summed E-state index contributed by atoms with van der Waals surface area (Å²) in [5, 5.41) is 2.97. The molecule has 0 aliphatic carbocycles. The Morgan fingerprint density at radius 3 is 2.58 bits per heavy atom. The van der Waals surface area contributed by atoms with Crippen LogP contribution in [-0.2, 0) is 6.54 Å². The molecule has 0 aromatic carbocycles. The molecule has 19 heavy (non-hydrogen) atoms. The number of nitrogens with zero attached hydrogens (tertiary/aromatic N) is 4. The fourth-order valence-corrected chi connectivity index (χ4v) is 1.87. The third-order valence-corrected chi connectivity index (χ3v) is 2.80. The van der Waals surface area contributed by atoms with E-state index in [-0.39, 0.29) is 0 Å². The topological polar surface area (TPSA) is 53.9 Å². The molecule has 0 bridgehead atoms. The fourth-order valence-electron chi connectivity index (χ4n) is 1.87. The SMILES string of the molecule is CNc1nc(C)cc(N(C)Cc2cccc(C)n2)n1. The normalized spacial score (nSPS) is 10.3. The van der Waals surface area contributed by atoms with Crippen molar-refractivity contribution in [1.82, 2.24) is 15.0 Å². The van der Waals surface area contributed by atoms with Crippen LogP contribution in [0.4, 0.5) is 11.8 Å².